The highest BCUT2D eigenvalue weighted by Gasteiger charge is 2.26. The molecule has 0 saturated heterocycles. The zero-order chi connectivity index (χ0) is 14.5. The van der Waals surface area contributed by atoms with Gasteiger partial charge in [0, 0.05) is 6.42 Å². The summed E-state index contributed by atoms with van der Waals surface area (Å²) in [6, 6.07) is 3.44. The van der Waals surface area contributed by atoms with Gasteiger partial charge in [-0.05, 0) is 48.4 Å². The Hall–Kier alpha value is -0.960. The molecule has 1 fully saturated rings. The maximum absolute atomic E-state index is 13.6. The van der Waals surface area contributed by atoms with E-state index in [0.717, 1.165) is 43.7 Å². The van der Waals surface area contributed by atoms with E-state index < -0.39 is 17.7 Å². The van der Waals surface area contributed by atoms with Crippen LogP contribution in [0.4, 0.5) is 8.78 Å². The van der Waals surface area contributed by atoms with Gasteiger partial charge in [0.2, 0.25) is 0 Å². The van der Waals surface area contributed by atoms with Crippen molar-refractivity contribution in [1.82, 2.24) is 0 Å². The van der Waals surface area contributed by atoms with Gasteiger partial charge in [-0.1, -0.05) is 32.6 Å². The zero-order valence-electron chi connectivity index (χ0n) is 12.1. The molecule has 1 saturated carbocycles. The van der Waals surface area contributed by atoms with E-state index in [1.807, 2.05) is 0 Å². The summed E-state index contributed by atoms with van der Waals surface area (Å²) < 4.78 is 26.7. The number of aliphatic hydroxyl groups is 1. The van der Waals surface area contributed by atoms with Crippen molar-refractivity contribution in [2.45, 2.75) is 58.0 Å². The van der Waals surface area contributed by atoms with Gasteiger partial charge in [0.1, 0.15) is 11.6 Å². The summed E-state index contributed by atoms with van der Waals surface area (Å²) in [7, 11) is 0. The van der Waals surface area contributed by atoms with Gasteiger partial charge in [-0.3, -0.25) is 0 Å². The molecule has 1 aromatic carbocycles. The Balaban J connectivity index is 1.89. The Kier molecular flexibility index (Phi) is 5.53. The average Bonchev–Trinajstić information content (AvgIpc) is 2.44. The summed E-state index contributed by atoms with van der Waals surface area (Å²) in [4.78, 5) is 0. The molecule has 1 aliphatic carbocycles. The fraction of sp³-hybridized carbons (Fsp3) is 0.647. The van der Waals surface area contributed by atoms with Crippen LogP contribution in [0.5, 0.6) is 0 Å². The van der Waals surface area contributed by atoms with E-state index in [2.05, 4.69) is 6.92 Å². The molecule has 2 rings (SSSR count). The number of hydrogen-bond acceptors (Lipinski definition) is 1. The molecule has 0 radical (unpaired) electrons. The third-order valence-electron chi connectivity index (χ3n) is 4.57. The summed E-state index contributed by atoms with van der Waals surface area (Å²) in [5.41, 5.74) is 0.285. The van der Waals surface area contributed by atoms with Gasteiger partial charge in [0.05, 0.1) is 6.10 Å². The lowest BCUT2D eigenvalue weighted by atomic mass is 9.77. The largest absolute Gasteiger partial charge is 0.392 e. The number of rotatable bonds is 5. The van der Waals surface area contributed by atoms with Crippen molar-refractivity contribution in [3.8, 4) is 0 Å². The second kappa shape index (κ2) is 7.16. The molecule has 0 amide bonds. The smallest absolute Gasteiger partial charge is 0.126 e. The second-order valence-electron chi connectivity index (χ2n) is 6.08. The maximum atomic E-state index is 13.6. The highest BCUT2D eigenvalue weighted by atomic mass is 19.1. The highest BCUT2D eigenvalue weighted by molar-refractivity contribution is 5.19. The lowest BCUT2D eigenvalue weighted by Crippen LogP contribution is -2.27. The molecule has 1 aliphatic rings. The molecule has 0 aromatic heterocycles. The summed E-state index contributed by atoms with van der Waals surface area (Å²) in [5.74, 6) is 0.144. The van der Waals surface area contributed by atoms with Crippen molar-refractivity contribution in [2.75, 3.05) is 0 Å². The lowest BCUT2D eigenvalue weighted by molar-refractivity contribution is 0.0721. The van der Waals surface area contributed by atoms with Gasteiger partial charge in [0.15, 0.2) is 0 Å². The molecule has 3 heteroatoms. The fourth-order valence-electron chi connectivity index (χ4n) is 3.36. The van der Waals surface area contributed by atoms with Crippen LogP contribution in [0.3, 0.4) is 0 Å². The fourth-order valence-corrected chi connectivity index (χ4v) is 3.36. The Morgan fingerprint density at radius 2 is 1.90 bits per heavy atom. The summed E-state index contributed by atoms with van der Waals surface area (Å²) >= 11 is 0. The summed E-state index contributed by atoms with van der Waals surface area (Å²) in [6.07, 6.45) is 6.45. The number of halogens is 2. The predicted molar refractivity (Wildman–Crippen MR) is 76.4 cm³/mol. The van der Waals surface area contributed by atoms with E-state index in [4.69, 9.17) is 0 Å². The third-order valence-corrected chi connectivity index (χ3v) is 4.57. The topological polar surface area (TPSA) is 20.2 Å². The molecule has 1 nitrogen and oxygen atoms in total. The molecule has 20 heavy (non-hydrogen) atoms. The Bertz CT molecular complexity index is 425. The highest BCUT2D eigenvalue weighted by Crippen LogP contribution is 2.34. The number of benzene rings is 1. The first-order valence-electron chi connectivity index (χ1n) is 7.72. The van der Waals surface area contributed by atoms with Crippen LogP contribution in [0.25, 0.3) is 0 Å². The van der Waals surface area contributed by atoms with E-state index in [1.165, 1.54) is 18.9 Å². The van der Waals surface area contributed by atoms with Gasteiger partial charge < -0.3 is 5.11 Å². The molecular weight excluding hydrogens is 258 g/mol. The van der Waals surface area contributed by atoms with Gasteiger partial charge in [0.25, 0.3) is 0 Å². The first-order valence-corrected chi connectivity index (χ1v) is 7.72. The number of aliphatic hydroxyl groups excluding tert-OH is 1. The standard InChI is InChI=1S/C17H24F2O/c1-2-3-12-4-6-13(7-5-12)17(20)11-14-10-15(18)8-9-16(14)19/h8-10,12-13,17,20H,2-7,11H2,1H3. The van der Waals surface area contributed by atoms with Crippen LogP contribution in [0, 0.1) is 23.5 Å². The van der Waals surface area contributed by atoms with Gasteiger partial charge in [-0.2, -0.15) is 0 Å². The van der Waals surface area contributed by atoms with Crippen molar-refractivity contribution in [3.63, 3.8) is 0 Å². The monoisotopic (exact) mass is 282 g/mol. The van der Waals surface area contributed by atoms with Crippen molar-refractivity contribution >= 4 is 0 Å². The van der Waals surface area contributed by atoms with Crippen molar-refractivity contribution in [3.05, 3.63) is 35.4 Å². The lowest BCUT2D eigenvalue weighted by Gasteiger charge is -2.31. The normalized spacial score (nSPS) is 24.6. The molecule has 1 atom stereocenters. The second-order valence-corrected chi connectivity index (χ2v) is 6.08. The van der Waals surface area contributed by atoms with Gasteiger partial charge in [-0.25, -0.2) is 8.78 Å². The molecule has 112 valence electrons. The van der Waals surface area contributed by atoms with Crippen molar-refractivity contribution < 1.29 is 13.9 Å². The summed E-state index contributed by atoms with van der Waals surface area (Å²) in [6.45, 7) is 2.20. The number of hydrogen-bond donors (Lipinski definition) is 1. The SMILES string of the molecule is CCCC1CCC(C(O)Cc2cc(F)ccc2F)CC1. The Morgan fingerprint density at radius 1 is 1.20 bits per heavy atom. The first-order chi connectivity index (χ1) is 9.60. The minimum absolute atomic E-state index is 0.215. The van der Waals surface area contributed by atoms with E-state index in [1.54, 1.807) is 0 Å². The van der Waals surface area contributed by atoms with E-state index >= 15 is 0 Å². The Labute approximate surface area is 120 Å². The van der Waals surface area contributed by atoms with Crippen molar-refractivity contribution in [2.24, 2.45) is 11.8 Å². The molecule has 0 spiro atoms. The van der Waals surface area contributed by atoms with Gasteiger partial charge in [-0.15, -0.1) is 0 Å². The minimum Gasteiger partial charge on any atom is -0.392 e. The van der Waals surface area contributed by atoms with Crippen LogP contribution < -0.4 is 0 Å². The van der Waals surface area contributed by atoms with Crippen LogP contribution in [-0.2, 0) is 6.42 Å². The average molecular weight is 282 g/mol. The molecule has 0 heterocycles. The van der Waals surface area contributed by atoms with Crippen molar-refractivity contribution in [1.29, 1.82) is 0 Å². The maximum Gasteiger partial charge on any atom is 0.126 e. The quantitative estimate of drug-likeness (QED) is 0.844. The van der Waals surface area contributed by atoms with Crippen LogP contribution in [0.1, 0.15) is 51.0 Å². The van der Waals surface area contributed by atoms with Crippen LogP contribution >= 0.6 is 0 Å². The minimum atomic E-state index is -0.561. The molecule has 0 bridgehead atoms. The predicted octanol–water partition coefficient (Wildman–Crippen LogP) is 4.47. The van der Waals surface area contributed by atoms with Crippen LogP contribution in [-0.4, -0.2) is 11.2 Å². The molecule has 1 unspecified atom stereocenters. The third kappa shape index (κ3) is 4.02. The molecule has 0 aliphatic heterocycles. The van der Waals surface area contributed by atoms with E-state index in [-0.39, 0.29) is 17.9 Å². The molecule has 1 aromatic rings. The van der Waals surface area contributed by atoms with E-state index in [9.17, 15) is 13.9 Å². The van der Waals surface area contributed by atoms with E-state index in [0.29, 0.717) is 0 Å². The van der Waals surface area contributed by atoms with Gasteiger partial charge >= 0.3 is 0 Å². The van der Waals surface area contributed by atoms with Crippen LogP contribution in [0.2, 0.25) is 0 Å². The zero-order valence-corrected chi connectivity index (χ0v) is 12.1. The Morgan fingerprint density at radius 3 is 2.55 bits per heavy atom. The summed E-state index contributed by atoms with van der Waals surface area (Å²) in [5, 5.41) is 10.3. The molecule has 1 N–H and O–H groups in total. The first kappa shape index (κ1) is 15.4. The molecular formula is C17H24F2O. The van der Waals surface area contributed by atoms with Crippen LogP contribution in [0.15, 0.2) is 18.2 Å².